The van der Waals surface area contributed by atoms with Crippen LogP contribution in [0.2, 0.25) is 0 Å². The Balaban J connectivity index is 1.83. The van der Waals surface area contributed by atoms with Crippen LogP contribution >= 0.6 is 0 Å². The molecule has 5 heteroatoms. The molecular weight excluding hydrogens is 253 g/mol. The lowest BCUT2D eigenvalue weighted by Crippen LogP contribution is -2.29. The highest BCUT2D eigenvalue weighted by atomic mass is 19.4. The average molecular weight is 272 g/mol. The maximum atomic E-state index is 12.4. The van der Waals surface area contributed by atoms with Crippen molar-refractivity contribution in [2.45, 2.75) is 37.9 Å². The van der Waals surface area contributed by atoms with E-state index >= 15 is 0 Å². The molecule has 106 valence electrons. The minimum Gasteiger partial charge on any atom is -0.385 e. The molecular formula is C14H19F3N2. The van der Waals surface area contributed by atoms with Crippen LogP contribution in [0.4, 0.5) is 18.9 Å². The monoisotopic (exact) mass is 272 g/mol. The van der Waals surface area contributed by atoms with Crippen LogP contribution in [0.25, 0.3) is 0 Å². The Morgan fingerprint density at radius 2 is 1.63 bits per heavy atom. The Kier molecular flexibility index (Phi) is 4.34. The predicted molar refractivity (Wildman–Crippen MR) is 69.9 cm³/mol. The largest absolute Gasteiger partial charge is 0.416 e. The number of alkyl halides is 3. The van der Waals surface area contributed by atoms with E-state index in [1.807, 2.05) is 0 Å². The van der Waals surface area contributed by atoms with Crippen LogP contribution in [0.1, 0.15) is 31.2 Å². The van der Waals surface area contributed by atoms with Crippen molar-refractivity contribution in [3.05, 3.63) is 29.8 Å². The molecule has 0 spiro atoms. The number of nitrogens with two attached hydrogens (primary N) is 1. The van der Waals surface area contributed by atoms with Crippen molar-refractivity contribution in [1.29, 1.82) is 0 Å². The van der Waals surface area contributed by atoms with E-state index in [2.05, 4.69) is 5.32 Å². The van der Waals surface area contributed by atoms with E-state index in [1.54, 1.807) is 0 Å². The molecule has 1 aromatic rings. The molecule has 19 heavy (non-hydrogen) atoms. The maximum Gasteiger partial charge on any atom is 0.416 e. The van der Waals surface area contributed by atoms with Crippen LogP contribution in [-0.2, 0) is 6.18 Å². The summed E-state index contributed by atoms with van der Waals surface area (Å²) in [6.45, 7) is 0.804. The van der Waals surface area contributed by atoms with E-state index in [9.17, 15) is 13.2 Å². The quantitative estimate of drug-likeness (QED) is 0.881. The molecule has 2 nitrogen and oxygen atoms in total. The lowest BCUT2D eigenvalue weighted by molar-refractivity contribution is -0.137. The van der Waals surface area contributed by atoms with E-state index in [0.29, 0.717) is 12.0 Å². The molecule has 0 amide bonds. The summed E-state index contributed by atoms with van der Waals surface area (Å²) in [5.74, 6) is 0.571. The molecule has 0 atom stereocenters. The number of benzene rings is 1. The highest BCUT2D eigenvalue weighted by Gasteiger charge is 2.29. The first-order chi connectivity index (χ1) is 8.95. The van der Waals surface area contributed by atoms with Crippen molar-refractivity contribution < 1.29 is 13.2 Å². The molecule has 1 aromatic carbocycles. The third-order valence-electron chi connectivity index (χ3n) is 3.70. The molecule has 0 saturated heterocycles. The first kappa shape index (κ1) is 14.2. The van der Waals surface area contributed by atoms with Gasteiger partial charge in [0.1, 0.15) is 0 Å². The summed E-state index contributed by atoms with van der Waals surface area (Å²) in [6.07, 6.45) is 0.000355. The van der Waals surface area contributed by atoms with E-state index in [4.69, 9.17) is 5.73 Å². The van der Waals surface area contributed by atoms with Gasteiger partial charge < -0.3 is 11.1 Å². The first-order valence-electron chi connectivity index (χ1n) is 6.62. The SMILES string of the molecule is NC1CCC(CNc2ccc(C(F)(F)F)cc2)CC1. The summed E-state index contributed by atoms with van der Waals surface area (Å²) in [6, 6.07) is 5.51. The summed E-state index contributed by atoms with van der Waals surface area (Å²) in [4.78, 5) is 0. The Hall–Kier alpha value is -1.23. The van der Waals surface area contributed by atoms with Gasteiger partial charge in [-0.2, -0.15) is 13.2 Å². The zero-order chi connectivity index (χ0) is 13.9. The van der Waals surface area contributed by atoms with Crippen molar-refractivity contribution in [2.24, 2.45) is 11.7 Å². The molecule has 0 aliphatic heterocycles. The van der Waals surface area contributed by atoms with E-state index < -0.39 is 11.7 Å². The summed E-state index contributed by atoms with van der Waals surface area (Å²) < 4.78 is 37.2. The molecule has 0 unspecified atom stereocenters. The molecule has 1 saturated carbocycles. The van der Waals surface area contributed by atoms with Crippen molar-refractivity contribution in [2.75, 3.05) is 11.9 Å². The molecule has 0 aromatic heterocycles. The first-order valence-corrected chi connectivity index (χ1v) is 6.62. The van der Waals surface area contributed by atoms with Crippen LogP contribution in [0, 0.1) is 5.92 Å². The highest BCUT2D eigenvalue weighted by Crippen LogP contribution is 2.30. The third-order valence-corrected chi connectivity index (χ3v) is 3.70. The van der Waals surface area contributed by atoms with E-state index in [0.717, 1.165) is 50.0 Å². The van der Waals surface area contributed by atoms with Crippen LogP contribution in [0.5, 0.6) is 0 Å². The van der Waals surface area contributed by atoms with Crippen molar-refractivity contribution in [3.8, 4) is 0 Å². The second-order valence-electron chi connectivity index (χ2n) is 5.24. The minimum absolute atomic E-state index is 0.322. The standard InChI is InChI=1S/C14H19F3N2/c15-14(16,17)11-3-7-13(8-4-11)19-9-10-1-5-12(18)6-2-10/h3-4,7-8,10,12,19H,1-2,5-6,9,18H2. The zero-order valence-electron chi connectivity index (χ0n) is 10.7. The molecule has 0 bridgehead atoms. The Morgan fingerprint density at radius 1 is 1.05 bits per heavy atom. The molecule has 3 N–H and O–H groups in total. The second kappa shape index (κ2) is 5.82. The van der Waals surface area contributed by atoms with Crippen LogP contribution in [0.3, 0.4) is 0 Å². The Labute approximate surface area is 111 Å². The molecule has 1 fully saturated rings. The summed E-state index contributed by atoms with van der Waals surface area (Å²) >= 11 is 0. The number of hydrogen-bond acceptors (Lipinski definition) is 2. The predicted octanol–water partition coefficient (Wildman–Crippen LogP) is 3.63. The van der Waals surface area contributed by atoms with Crippen LogP contribution in [0.15, 0.2) is 24.3 Å². The van der Waals surface area contributed by atoms with Gasteiger partial charge >= 0.3 is 6.18 Å². The molecule has 0 radical (unpaired) electrons. The zero-order valence-corrected chi connectivity index (χ0v) is 10.7. The fourth-order valence-corrected chi connectivity index (χ4v) is 2.43. The summed E-state index contributed by atoms with van der Waals surface area (Å²) in [7, 11) is 0. The Morgan fingerprint density at radius 3 is 2.16 bits per heavy atom. The normalized spacial score (nSPS) is 24.2. The number of nitrogens with one attached hydrogen (secondary N) is 1. The van der Waals surface area contributed by atoms with Gasteiger partial charge in [0, 0.05) is 18.3 Å². The third kappa shape index (κ3) is 4.13. The highest BCUT2D eigenvalue weighted by molar-refractivity contribution is 5.45. The number of halogens is 3. The van der Waals surface area contributed by atoms with E-state index in [-0.39, 0.29) is 0 Å². The number of hydrogen-bond donors (Lipinski definition) is 2. The van der Waals surface area contributed by atoms with Crippen molar-refractivity contribution >= 4 is 5.69 Å². The van der Waals surface area contributed by atoms with E-state index in [1.165, 1.54) is 12.1 Å². The minimum atomic E-state index is -4.27. The van der Waals surface area contributed by atoms with Crippen LogP contribution < -0.4 is 11.1 Å². The van der Waals surface area contributed by atoms with Gasteiger partial charge in [-0.05, 0) is 55.9 Å². The summed E-state index contributed by atoms with van der Waals surface area (Å²) in [5, 5.41) is 3.20. The van der Waals surface area contributed by atoms with Gasteiger partial charge in [-0.25, -0.2) is 0 Å². The smallest absolute Gasteiger partial charge is 0.385 e. The van der Waals surface area contributed by atoms with Crippen molar-refractivity contribution in [3.63, 3.8) is 0 Å². The van der Waals surface area contributed by atoms with Gasteiger partial charge in [0.25, 0.3) is 0 Å². The molecule has 1 aliphatic rings. The van der Waals surface area contributed by atoms with Gasteiger partial charge in [0.05, 0.1) is 5.56 Å². The van der Waals surface area contributed by atoms with Gasteiger partial charge in [-0.3, -0.25) is 0 Å². The number of anilines is 1. The fourth-order valence-electron chi connectivity index (χ4n) is 2.43. The van der Waals surface area contributed by atoms with Crippen molar-refractivity contribution in [1.82, 2.24) is 0 Å². The number of rotatable bonds is 3. The second-order valence-corrected chi connectivity index (χ2v) is 5.24. The molecule has 0 heterocycles. The lowest BCUT2D eigenvalue weighted by Gasteiger charge is -2.26. The lowest BCUT2D eigenvalue weighted by atomic mass is 9.86. The topological polar surface area (TPSA) is 38.0 Å². The maximum absolute atomic E-state index is 12.4. The van der Waals surface area contributed by atoms with Gasteiger partial charge in [-0.1, -0.05) is 0 Å². The Bertz CT molecular complexity index is 392. The fraction of sp³-hybridized carbons (Fsp3) is 0.571. The van der Waals surface area contributed by atoms with Gasteiger partial charge in [-0.15, -0.1) is 0 Å². The average Bonchev–Trinajstić information content (AvgIpc) is 2.37. The van der Waals surface area contributed by atoms with Gasteiger partial charge in [0.15, 0.2) is 0 Å². The van der Waals surface area contributed by atoms with Crippen LogP contribution in [-0.4, -0.2) is 12.6 Å². The summed E-state index contributed by atoms with van der Waals surface area (Å²) in [5.41, 5.74) is 5.96. The van der Waals surface area contributed by atoms with Gasteiger partial charge in [0.2, 0.25) is 0 Å². The molecule has 2 rings (SSSR count). The molecule has 1 aliphatic carbocycles.